The third-order valence-corrected chi connectivity index (χ3v) is 3.83. The topological polar surface area (TPSA) is 90.9 Å². The van der Waals surface area contributed by atoms with Crippen molar-refractivity contribution in [1.29, 1.82) is 0 Å². The van der Waals surface area contributed by atoms with Gasteiger partial charge in [0.1, 0.15) is 6.61 Å². The zero-order valence-electron chi connectivity index (χ0n) is 11.4. The smallest absolute Gasteiger partial charge is 0.246 e. The highest BCUT2D eigenvalue weighted by Gasteiger charge is 2.12. The maximum atomic E-state index is 5.10. The van der Waals surface area contributed by atoms with Crippen LogP contribution >= 0.6 is 11.3 Å². The Labute approximate surface area is 118 Å². The molecule has 3 aromatic heterocycles. The van der Waals surface area contributed by atoms with Crippen molar-refractivity contribution in [2.45, 2.75) is 20.1 Å². The standard InChI is InChI=1S/C11H14N6O2S/c1-6-9-10(17(2)15-6)14-11(20-9)12-4-8-13-7(5-18-3)16-19-8/h4-5H2,1-3H3,(H,12,14). The number of nitrogens with one attached hydrogen (secondary N) is 1. The van der Waals surface area contributed by atoms with Gasteiger partial charge in [0.15, 0.2) is 16.6 Å². The van der Waals surface area contributed by atoms with E-state index in [1.54, 1.807) is 23.1 Å². The van der Waals surface area contributed by atoms with Gasteiger partial charge in [0, 0.05) is 14.2 Å². The molecule has 3 aromatic rings. The van der Waals surface area contributed by atoms with Crippen molar-refractivity contribution in [3.8, 4) is 0 Å². The quantitative estimate of drug-likeness (QED) is 0.762. The lowest BCUT2D eigenvalue weighted by atomic mass is 10.5. The Morgan fingerprint density at radius 2 is 2.25 bits per heavy atom. The van der Waals surface area contributed by atoms with Gasteiger partial charge in [0.25, 0.3) is 0 Å². The fourth-order valence-electron chi connectivity index (χ4n) is 1.86. The van der Waals surface area contributed by atoms with Gasteiger partial charge in [-0.05, 0) is 6.92 Å². The molecule has 3 heterocycles. The Kier molecular flexibility index (Phi) is 3.36. The van der Waals surface area contributed by atoms with Crippen molar-refractivity contribution in [2.75, 3.05) is 12.4 Å². The van der Waals surface area contributed by atoms with Crippen LogP contribution in [0, 0.1) is 6.92 Å². The number of hydrogen-bond donors (Lipinski definition) is 1. The van der Waals surface area contributed by atoms with Crippen molar-refractivity contribution in [3.63, 3.8) is 0 Å². The lowest BCUT2D eigenvalue weighted by Crippen LogP contribution is -2.00. The summed E-state index contributed by atoms with van der Waals surface area (Å²) in [6.45, 7) is 2.75. The zero-order valence-corrected chi connectivity index (χ0v) is 12.2. The summed E-state index contributed by atoms with van der Waals surface area (Å²) in [5.74, 6) is 1.04. The van der Waals surface area contributed by atoms with Gasteiger partial charge in [0.05, 0.1) is 16.9 Å². The van der Waals surface area contributed by atoms with Gasteiger partial charge in [0.2, 0.25) is 5.89 Å². The second-order valence-corrected chi connectivity index (χ2v) is 5.27. The van der Waals surface area contributed by atoms with Crippen molar-refractivity contribution in [3.05, 3.63) is 17.4 Å². The van der Waals surface area contributed by atoms with Crippen molar-refractivity contribution < 1.29 is 9.26 Å². The van der Waals surface area contributed by atoms with E-state index < -0.39 is 0 Å². The van der Waals surface area contributed by atoms with Crippen LogP contribution in [-0.4, -0.2) is 32.0 Å². The summed E-state index contributed by atoms with van der Waals surface area (Å²) in [5.41, 5.74) is 1.86. The predicted octanol–water partition coefficient (Wildman–Crippen LogP) is 1.48. The van der Waals surface area contributed by atoms with E-state index in [4.69, 9.17) is 9.26 Å². The number of ether oxygens (including phenoxy) is 1. The monoisotopic (exact) mass is 294 g/mol. The average Bonchev–Trinajstić information content (AvgIpc) is 3.07. The van der Waals surface area contributed by atoms with Gasteiger partial charge >= 0.3 is 0 Å². The summed E-state index contributed by atoms with van der Waals surface area (Å²) in [5, 5.41) is 12.1. The summed E-state index contributed by atoms with van der Waals surface area (Å²) in [6, 6.07) is 0. The number of thiazole rings is 1. The number of hydrogen-bond acceptors (Lipinski definition) is 8. The summed E-state index contributed by atoms with van der Waals surface area (Å²) in [6.07, 6.45) is 0. The van der Waals surface area contributed by atoms with Gasteiger partial charge in [-0.2, -0.15) is 10.1 Å². The molecule has 3 rings (SSSR count). The molecule has 0 saturated heterocycles. The fraction of sp³-hybridized carbons (Fsp3) is 0.455. The first-order valence-corrected chi connectivity index (χ1v) is 6.83. The van der Waals surface area contributed by atoms with Gasteiger partial charge in [-0.15, -0.1) is 0 Å². The fourth-order valence-corrected chi connectivity index (χ4v) is 2.79. The molecular weight excluding hydrogens is 280 g/mol. The van der Waals surface area contributed by atoms with Crippen LogP contribution in [0.4, 0.5) is 5.13 Å². The maximum absolute atomic E-state index is 5.10. The molecule has 0 radical (unpaired) electrons. The van der Waals surface area contributed by atoms with Crippen LogP contribution in [0.1, 0.15) is 17.4 Å². The van der Waals surface area contributed by atoms with Crippen LogP contribution in [0.2, 0.25) is 0 Å². The molecule has 1 N–H and O–H groups in total. The Morgan fingerprint density at radius 1 is 1.40 bits per heavy atom. The highest BCUT2D eigenvalue weighted by Crippen LogP contribution is 2.28. The largest absolute Gasteiger partial charge is 0.377 e. The minimum absolute atomic E-state index is 0.343. The summed E-state index contributed by atoms with van der Waals surface area (Å²) < 4.78 is 12.9. The van der Waals surface area contributed by atoms with Crippen LogP contribution in [0.15, 0.2) is 4.52 Å². The van der Waals surface area contributed by atoms with Crippen LogP contribution in [0.5, 0.6) is 0 Å². The molecule has 0 aliphatic heterocycles. The first-order valence-electron chi connectivity index (χ1n) is 6.01. The van der Waals surface area contributed by atoms with E-state index in [0.717, 1.165) is 21.2 Å². The first kappa shape index (κ1) is 13.0. The molecule has 0 saturated carbocycles. The molecule has 0 aliphatic carbocycles. The van der Waals surface area contributed by atoms with Gasteiger partial charge < -0.3 is 14.6 Å². The zero-order chi connectivity index (χ0) is 14.1. The number of rotatable bonds is 5. The number of aromatic nitrogens is 5. The van der Waals surface area contributed by atoms with Gasteiger partial charge in [-0.3, -0.25) is 0 Å². The molecule has 0 atom stereocenters. The maximum Gasteiger partial charge on any atom is 0.246 e. The van der Waals surface area contributed by atoms with E-state index in [0.29, 0.717) is 24.9 Å². The third kappa shape index (κ3) is 2.37. The van der Waals surface area contributed by atoms with Crippen molar-refractivity contribution >= 4 is 26.8 Å². The molecule has 0 aliphatic rings. The summed E-state index contributed by atoms with van der Waals surface area (Å²) in [4.78, 5) is 8.67. The van der Waals surface area contributed by atoms with E-state index in [1.807, 2.05) is 14.0 Å². The Hall–Kier alpha value is -2.00. The lowest BCUT2D eigenvalue weighted by Gasteiger charge is -1.96. The minimum atomic E-state index is 0.343. The Morgan fingerprint density at radius 3 is 3.00 bits per heavy atom. The Balaban J connectivity index is 1.71. The summed E-state index contributed by atoms with van der Waals surface area (Å²) >= 11 is 1.56. The number of anilines is 1. The van der Waals surface area contributed by atoms with Crippen LogP contribution < -0.4 is 5.32 Å². The van der Waals surface area contributed by atoms with E-state index in [-0.39, 0.29) is 0 Å². The van der Waals surface area contributed by atoms with E-state index in [9.17, 15) is 0 Å². The van der Waals surface area contributed by atoms with Gasteiger partial charge in [-0.1, -0.05) is 16.5 Å². The molecule has 0 unspecified atom stereocenters. The molecule has 9 heteroatoms. The van der Waals surface area contributed by atoms with Crippen LogP contribution in [0.3, 0.4) is 0 Å². The highest BCUT2D eigenvalue weighted by atomic mass is 32.1. The minimum Gasteiger partial charge on any atom is -0.377 e. The van der Waals surface area contributed by atoms with E-state index in [1.165, 1.54) is 0 Å². The molecule has 8 nitrogen and oxygen atoms in total. The molecule has 106 valence electrons. The highest BCUT2D eigenvalue weighted by molar-refractivity contribution is 7.22. The van der Waals surface area contributed by atoms with Crippen LogP contribution in [0.25, 0.3) is 10.3 Å². The normalized spacial score (nSPS) is 11.3. The molecule has 0 fully saturated rings. The second-order valence-electron chi connectivity index (χ2n) is 4.27. The third-order valence-electron chi connectivity index (χ3n) is 2.72. The first-order chi connectivity index (χ1) is 9.67. The number of methoxy groups -OCH3 is 1. The number of nitrogens with zero attached hydrogens (tertiary/aromatic N) is 5. The van der Waals surface area contributed by atoms with Crippen LogP contribution in [-0.2, 0) is 24.9 Å². The molecular formula is C11H14N6O2S. The van der Waals surface area contributed by atoms with Crippen molar-refractivity contribution in [1.82, 2.24) is 24.9 Å². The Bertz CT molecular complexity index is 696. The SMILES string of the molecule is COCc1noc(CNc2nc3c(s2)c(C)nn3C)n1. The number of aryl methyl sites for hydroxylation is 2. The van der Waals surface area contributed by atoms with E-state index in [2.05, 4.69) is 25.5 Å². The predicted molar refractivity (Wildman–Crippen MR) is 73.5 cm³/mol. The molecule has 0 bridgehead atoms. The average molecular weight is 294 g/mol. The number of fused-ring (bicyclic) bond motifs is 1. The van der Waals surface area contributed by atoms with Gasteiger partial charge in [-0.25, -0.2) is 9.67 Å². The summed E-state index contributed by atoms with van der Waals surface area (Å²) in [7, 11) is 3.47. The molecule has 0 aromatic carbocycles. The lowest BCUT2D eigenvalue weighted by molar-refractivity contribution is 0.174. The molecule has 20 heavy (non-hydrogen) atoms. The molecule has 0 amide bonds. The van der Waals surface area contributed by atoms with Crippen molar-refractivity contribution in [2.24, 2.45) is 7.05 Å². The second kappa shape index (κ2) is 5.17. The molecule has 0 spiro atoms. The van der Waals surface area contributed by atoms with E-state index >= 15 is 0 Å².